The van der Waals surface area contributed by atoms with Crippen molar-refractivity contribution in [1.29, 1.82) is 0 Å². The predicted octanol–water partition coefficient (Wildman–Crippen LogP) is 2.20. The minimum atomic E-state index is -1.03. The van der Waals surface area contributed by atoms with E-state index in [2.05, 4.69) is 32.7 Å². The smallest absolute Gasteiger partial charge is 0.326 e. The number of carboxylic acid groups (broad SMARTS) is 1. The van der Waals surface area contributed by atoms with Gasteiger partial charge in [-0.2, -0.15) is 0 Å². The quantitative estimate of drug-likeness (QED) is 0.701. The van der Waals surface area contributed by atoms with Gasteiger partial charge in [0.25, 0.3) is 0 Å². The molecule has 4 nitrogen and oxygen atoms in total. The summed E-state index contributed by atoms with van der Waals surface area (Å²) < 4.78 is 0. The van der Waals surface area contributed by atoms with Crippen LogP contribution in [-0.2, 0) is 9.59 Å². The molecule has 0 rings (SSSR count). The molecule has 0 spiro atoms. The highest BCUT2D eigenvalue weighted by atomic mass is 16.4. The highest BCUT2D eigenvalue weighted by molar-refractivity contribution is 5.83. The fourth-order valence-electron chi connectivity index (χ4n) is 1.23. The molecule has 0 aliphatic rings. The van der Waals surface area contributed by atoms with Gasteiger partial charge in [0, 0.05) is 6.42 Å². The lowest BCUT2D eigenvalue weighted by molar-refractivity contribution is -0.141. The molecule has 0 aromatic rings. The van der Waals surface area contributed by atoms with Gasteiger partial charge in [-0.05, 0) is 17.8 Å². The molecule has 17 heavy (non-hydrogen) atoms. The van der Waals surface area contributed by atoms with Crippen molar-refractivity contribution in [2.45, 2.75) is 46.6 Å². The molecular formula is C13H23NO3. The van der Waals surface area contributed by atoms with Gasteiger partial charge in [0.15, 0.2) is 0 Å². The third-order valence-corrected chi connectivity index (χ3v) is 3.01. The van der Waals surface area contributed by atoms with E-state index in [0.717, 1.165) is 0 Å². The Kier molecular flexibility index (Phi) is 5.93. The minimum absolute atomic E-state index is 0.0362. The summed E-state index contributed by atoms with van der Waals surface area (Å²) in [6.45, 7) is 11.6. The van der Waals surface area contributed by atoms with E-state index in [1.54, 1.807) is 0 Å². The average Bonchev–Trinajstić information content (AvgIpc) is 2.15. The largest absolute Gasteiger partial charge is 0.480 e. The third kappa shape index (κ3) is 6.09. The normalized spacial score (nSPS) is 14.8. The maximum atomic E-state index is 11.7. The van der Waals surface area contributed by atoms with E-state index in [4.69, 9.17) is 5.11 Å². The van der Waals surface area contributed by atoms with E-state index in [0.29, 0.717) is 6.42 Å². The van der Waals surface area contributed by atoms with E-state index in [1.165, 1.54) is 6.08 Å². The van der Waals surface area contributed by atoms with E-state index in [9.17, 15) is 9.59 Å². The molecule has 2 atom stereocenters. The van der Waals surface area contributed by atoms with Crippen molar-refractivity contribution in [1.82, 2.24) is 5.32 Å². The molecule has 0 bridgehead atoms. The Morgan fingerprint density at radius 3 is 2.29 bits per heavy atom. The summed E-state index contributed by atoms with van der Waals surface area (Å²) >= 11 is 0. The van der Waals surface area contributed by atoms with Crippen LogP contribution in [0.1, 0.15) is 40.5 Å². The van der Waals surface area contributed by atoms with Gasteiger partial charge >= 0.3 is 5.97 Å². The summed E-state index contributed by atoms with van der Waals surface area (Å²) in [6.07, 6.45) is 2.07. The number of carboxylic acids is 1. The molecule has 0 aliphatic carbocycles. The van der Waals surface area contributed by atoms with Gasteiger partial charge in [0.2, 0.25) is 5.91 Å². The molecule has 98 valence electrons. The van der Waals surface area contributed by atoms with Crippen LogP contribution in [0.3, 0.4) is 0 Å². The second-order valence-electron chi connectivity index (χ2n) is 5.45. The second kappa shape index (κ2) is 6.42. The van der Waals surface area contributed by atoms with Gasteiger partial charge in [-0.1, -0.05) is 33.8 Å². The SMILES string of the molecule is C=CCC(NC(=O)CC(C)C(C)(C)C)C(=O)O. The van der Waals surface area contributed by atoms with Crippen LogP contribution in [0.5, 0.6) is 0 Å². The third-order valence-electron chi connectivity index (χ3n) is 3.01. The highest BCUT2D eigenvalue weighted by Gasteiger charge is 2.25. The molecule has 2 unspecified atom stereocenters. The van der Waals surface area contributed by atoms with Crippen LogP contribution < -0.4 is 5.32 Å². The second-order valence-corrected chi connectivity index (χ2v) is 5.45. The number of hydrogen-bond donors (Lipinski definition) is 2. The lowest BCUT2D eigenvalue weighted by Crippen LogP contribution is -2.41. The Bertz CT molecular complexity index is 292. The van der Waals surface area contributed by atoms with Crippen molar-refractivity contribution in [2.24, 2.45) is 11.3 Å². The fraction of sp³-hybridized carbons (Fsp3) is 0.692. The van der Waals surface area contributed by atoms with Crippen molar-refractivity contribution in [2.75, 3.05) is 0 Å². The molecule has 0 aromatic carbocycles. The van der Waals surface area contributed by atoms with Crippen molar-refractivity contribution in [3.63, 3.8) is 0 Å². The summed E-state index contributed by atoms with van der Waals surface area (Å²) in [5.74, 6) is -1.05. The summed E-state index contributed by atoms with van der Waals surface area (Å²) in [7, 11) is 0. The molecular weight excluding hydrogens is 218 g/mol. The standard InChI is InChI=1S/C13H23NO3/c1-6-7-10(12(16)17)14-11(15)8-9(2)13(3,4)5/h6,9-10H,1,7-8H2,2-5H3,(H,14,15)(H,16,17). The Labute approximate surface area is 103 Å². The van der Waals surface area contributed by atoms with Gasteiger partial charge in [0.05, 0.1) is 0 Å². The first-order chi connectivity index (χ1) is 7.68. The van der Waals surface area contributed by atoms with E-state index in [1.807, 2.05) is 6.92 Å². The Hall–Kier alpha value is -1.32. The number of carbonyl (C=O) groups is 2. The first kappa shape index (κ1) is 15.7. The lowest BCUT2D eigenvalue weighted by Gasteiger charge is -2.27. The zero-order valence-corrected chi connectivity index (χ0v) is 11.1. The summed E-state index contributed by atoms with van der Waals surface area (Å²) in [6, 6.07) is -0.868. The number of carbonyl (C=O) groups excluding carboxylic acids is 1. The lowest BCUT2D eigenvalue weighted by atomic mass is 9.80. The Balaban J connectivity index is 4.33. The molecule has 1 amide bonds. The van der Waals surface area contributed by atoms with Crippen LogP contribution >= 0.6 is 0 Å². The van der Waals surface area contributed by atoms with Gasteiger partial charge in [-0.25, -0.2) is 4.79 Å². The van der Waals surface area contributed by atoms with Crippen molar-refractivity contribution in [3.05, 3.63) is 12.7 Å². The molecule has 2 N–H and O–H groups in total. The molecule has 0 fully saturated rings. The van der Waals surface area contributed by atoms with Crippen molar-refractivity contribution >= 4 is 11.9 Å². The number of amides is 1. The van der Waals surface area contributed by atoms with Crippen LogP contribution in [0.25, 0.3) is 0 Å². The topological polar surface area (TPSA) is 66.4 Å². The summed E-state index contributed by atoms with van der Waals surface area (Å²) in [5, 5.41) is 11.4. The molecule has 0 aliphatic heterocycles. The van der Waals surface area contributed by atoms with Crippen molar-refractivity contribution in [3.8, 4) is 0 Å². The van der Waals surface area contributed by atoms with E-state index in [-0.39, 0.29) is 23.7 Å². The first-order valence-electron chi connectivity index (χ1n) is 5.81. The Morgan fingerprint density at radius 2 is 1.94 bits per heavy atom. The van der Waals surface area contributed by atoms with E-state index < -0.39 is 12.0 Å². The molecule has 0 radical (unpaired) electrons. The van der Waals surface area contributed by atoms with Gasteiger partial charge in [-0.15, -0.1) is 6.58 Å². The fourth-order valence-corrected chi connectivity index (χ4v) is 1.23. The van der Waals surface area contributed by atoms with Crippen LogP contribution in [0, 0.1) is 11.3 Å². The monoisotopic (exact) mass is 241 g/mol. The van der Waals surface area contributed by atoms with Gasteiger partial charge < -0.3 is 10.4 Å². The number of hydrogen-bond acceptors (Lipinski definition) is 2. The van der Waals surface area contributed by atoms with Crippen molar-refractivity contribution < 1.29 is 14.7 Å². The molecule has 0 heterocycles. The number of nitrogens with one attached hydrogen (secondary N) is 1. The maximum absolute atomic E-state index is 11.7. The van der Waals surface area contributed by atoms with Crippen LogP contribution in [-0.4, -0.2) is 23.0 Å². The van der Waals surface area contributed by atoms with Crippen LogP contribution in [0.15, 0.2) is 12.7 Å². The number of rotatable bonds is 6. The highest BCUT2D eigenvalue weighted by Crippen LogP contribution is 2.27. The van der Waals surface area contributed by atoms with E-state index >= 15 is 0 Å². The average molecular weight is 241 g/mol. The predicted molar refractivity (Wildman–Crippen MR) is 67.6 cm³/mol. The minimum Gasteiger partial charge on any atom is -0.480 e. The molecule has 0 saturated heterocycles. The molecule has 0 saturated carbocycles. The Morgan fingerprint density at radius 1 is 1.41 bits per heavy atom. The van der Waals surface area contributed by atoms with Gasteiger partial charge in [-0.3, -0.25) is 4.79 Å². The summed E-state index contributed by atoms with van der Waals surface area (Å²) in [4.78, 5) is 22.5. The zero-order chi connectivity index (χ0) is 13.6. The zero-order valence-electron chi connectivity index (χ0n) is 11.1. The van der Waals surface area contributed by atoms with Crippen LogP contribution in [0.4, 0.5) is 0 Å². The van der Waals surface area contributed by atoms with Crippen LogP contribution in [0.2, 0.25) is 0 Å². The molecule has 0 aromatic heterocycles. The maximum Gasteiger partial charge on any atom is 0.326 e. The molecule has 4 heteroatoms. The summed E-state index contributed by atoms with van der Waals surface area (Å²) in [5.41, 5.74) is 0.0362. The number of aliphatic carboxylic acids is 1. The van der Waals surface area contributed by atoms with Gasteiger partial charge in [0.1, 0.15) is 6.04 Å². The first-order valence-corrected chi connectivity index (χ1v) is 5.81.